The highest BCUT2D eigenvalue weighted by molar-refractivity contribution is 5.98. The van der Waals surface area contributed by atoms with E-state index in [4.69, 9.17) is 12.8 Å². The van der Waals surface area contributed by atoms with Crippen molar-refractivity contribution < 1.29 is 49.5 Å². The number of rotatable bonds is 15. The van der Waals surface area contributed by atoms with Crippen molar-refractivity contribution in [3.8, 4) is 65.3 Å². The predicted molar refractivity (Wildman–Crippen MR) is 498 cm³/mol. The van der Waals surface area contributed by atoms with Gasteiger partial charge in [-0.3, -0.25) is 57.3 Å². The number of amides is 5. The lowest BCUT2D eigenvalue weighted by molar-refractivity contribution is 0.0660. The molecule has 5 aliphatic rings. The molecule has 5 aromatic carbocycles. The minimum atomic E-state index is -0.696. The van der Waals surface area contributed by atoms with Gasteiger partial charge in [0.15, 0.2) is 57.2 Å². The third-order valence-electron chi connectivity index (χ3n) is 24.2. The Hall–Kier alpha value is -18.4. The SMILES string of the molecule is C#Cc1ccn(C(c2ccccc2)C2CN(C)C(=O)c3c(O)c(=O)cnn32)n1.C#Cc1cn(C(c2ccccc2)C2CN(C)C(=O)c3c(O)c(=O)cnn32)cn1.CC#Cc1ccn(C(c2ccccc2)C2CN(C)C(=O)c3c(O)c(=O)cnn32)n1.CN1CC(C(c2ccccc2)n2ccnc2)n2ncc(=O)c(O)c2C1=O.Cc1cn(C(c2ccccc2)C2CN(C)C(=O)c3c(O)c(=O)cnn32)cn1. The van der Waals surface area contributed by atoms with E-state index in [1.807, 2.05) is 197 Å². The fourth-order valence-electron chi connectivity index (χ4n) is 17.8. The number of hydrogen-bond donors (Lipinski definition) is 5. The predicted octanol–water partition coefficient (Wildman–Crippen LogP) is 5.95. The summed E-state index contributed by atoms with van der Waals surface area (Å²) in [5.41, 5.74) is 3.35. The summed E-state index contributed by atoms with van der Waals surface area (Å²) in [5.74, 6) is 5.63. The minimum Gasteiger partial charge on any atom is -0.502 e. The van der Waals surface area contributed by atoms with Crippen molar-refractivity contribution in [2.24, 2.45) is 0 Å². The zero-order valence-electron chi connectivity index (χ0n) is 75.1. The fraction of sp³-hybridized carbons (Fsp3) is 0.224. The number of carbonyl (C=O) groups excluding carboxylic acids is 5. The van der Waals surface area contributed by atoms with Gasteiger partial charge in [0.25, 0.3) is 29.5 Å². The number of imidazole rings is 3. The smallest absolute Gasteiger partial charge is 0.275 e. The average molecular weight is 1860 g/mol. The van der Waals surface area contributed by atoms with E-state index in [-0.39, 0.29) is 70.8 Å². The number of terminal acetylenes is 2. The van der Waals surface area contributed by atoms with Crippen LogP contribution in [-0.4, -0.2) is 245 Å². The molecule has 5 amide bonds. The van der Waals surface area contributed by atoms with Crippen molar-refractivity contribution in [3.63, 3.8) is 0 Å². The highest BCUT2D eigenvalue weighted by atomic mass is 16.3. The highest BCUT2D eigenvalue weighted by Crippen LogP contribution is 2.42. The Balaban J connectivity index is 0.000000125. The number of aryl methyl sites for hydroxylation is 1. The number of carbonyl (C=O) groups is 5. The molecule has 0 bridgehead atoms. The Morgan fingerprint density at radius 3 is 0.877 bits per heavy atom. The van der Waals surface area contributed by atoms with Crippen molar-refractivity contribution in [2.45, 2.75) is 74.3 Å². The monoisotopic (exact) mass is 1860 g/mol. The molecule has 10 atom stereocenters. The Morgan fingerprint density at radius 2 is 0.609 bits per heavy atom. The molecule has 40 nitrogen and oxygen atoms in total. The molecule has 696 valence electrons. The van der Waals surface area contributed by atoms with Crippen LogP contribution in [0, 0.1) is 43.5 Å². The molecule has 0 radical (unpaired) electrons. The second-order valence-corrected chi connectivity index (χ2v) is 33.0. The van der Waals surface area contributed by atoms with Gasteiger partial charge in [-0.25, -0.2) is 38.4 Å². The zero-order valence-corrected chi connectivity index (χ0v) is 75.1. The van der Waals surface area contributed by atoms with E-state index in [9.17, 15) is 73.5 Å². The van der Waals surface area contributed by atoms with E-state index in [2.05, 4.69) is 74.3 Å². The number of hydrogen-bond acceptors (Lipinski definition) is 25. The molecule has 0 saturated heterocycles. The molecule has 0 aliphatic carbocycles. The molecule has 20 rings (SSSR count). The number of aromatic hydroxyl groups is 5. The van der Waals surface area contributed by atoms with Gasteiger partial charge < -0.3 is 63.7 Å². The number of nitrogens with zero attached hydrogens (tertiary/aromatic N) is 25. The molecule has 15 aromatic rings. The topological polar surface area (TPSA) is 466 Å². The summed E-state index contributed by atoms with van der Waals surface area (Å²) in [6, 6.07) is 48.8. The van der Waals surface area contributed by atoms with Crippen LogP contribution in [0.2, 0.25) is 0 Å². The maximum absolute atomic E-state index is 12.6. The first-order valence-corrected chi connectivity index (χ1v) is 43.1. The number of benzene rings is 5. The van der Waals surface area contributed by atoms with Crippen molar-refractivity contribution in [1.82, 2.24) is 122 Å². The summed E-state index contributed by atoms with van der Waals surface area (Å²) in [4.78, 5) is 142. The molecule has 15 heterocycles. The Labute approximate surface area is 785 Å². The van der Waals surface area contributed by atoms with Crippen molar-refractivity contribution in [2.75, 3.05) is 68.0 Å². The van der Waals surface area contributed by atoms with Gasteiger partial charge in [0.2, 0.25) is 27.1 Å². The van der Waals surface area contributed by atoms with Crippen molar-refractivity contribution >= 4 is 29.5 Å². The van der Waals surface area contributed by atoms with Gasteiger partial charge in [0.05, 0.1) is 104 Å². The summed E-state index contributed by atoms with van der Waals surface area (Å²) >= 11 is 0. The summed E-state index contributed by atoms with van der Waals surface area (Å²) in [7, 11) is 8.17. The van der Waals surface area contributed by atoms with E-state index in [0.717, 1.165) is 64.5 Å². The van der Waals surface area contributed by atoms with Crippen molar-refractivity contribution in [1.29, 1.82) is 0 Å². The highest BCUT2D eigenvalue weighted by Gasteiger charge is 2.45. The average Bonchev–Trinajstić information content (AvgIpc) is 1.11. The van der Waals surface area contributed by atoms with Crippen LogP contribution in [0.25, 0.3) is 0 Å². The lowest BCUT2D eigenvalue weighted by Crippen LogP contribution is -2.46. The van der Waals surface area contributed by atoms with Gasteiger partial charge in [0, 0.05) is 105 Å². The molecule has 40 heteroatoms. The van der Waals surface area contributed by atoms with Crippen LogP contribution in [0.4, 0.5) is 0 Å². The molecular formula is C98H89N25O15. The summed E-state index contributed by atoms with van der Waals surface area (Å²) < 4.78 is 16.5. The molecular weight excluding hydrogens is 1770 g/mol. The summed E-state index contributed by atoms with van der Waals surface area (Å²) in [5, 5.41) is 81.1. The standard InChI is InChI=1S/C21H19N5O3.2C20H17N5O3.C19H19N5O3.C18H17N5O3/c1-3-7-15-10-11-25(23-15)18(14-8-5-4-6-9-14)16-13-24(2)21(29)19-20(28)17(27)12-22-26(16)19;1-3-14-10-24(12-21-14)17(13-7-5-4-6-8-13)15-11-23(2)20(28)18-19(27)16(26)9-22-25(15)18;1-3-14-9-10-24(22-14)17(13-7-5-4-6-8-13)15-12-23(2)20(28)18-19(27)16(26)11-21-25(15)18;1-12-9-23(11-20-12)16(13-6-4-3-5-7-13)14-10-22(2)19(27)17-18(26)15(25)8-21-24(14)17;1-21-10-13(23-16(18(21)26)17(25)14(24)9-20-23)15(22-8-7-19-11-22)12-5-3-2-4-6-12/h4-6,8-12,16,18,28H,13H2,1-2H3;1,4-10,12,15,17,27H,11H2,2H3;1,4-11,15,17,27H,12H2,2H3;3-9,11,14,16,26H,10H2,1-2H3;2-9,11,13,15,25H,10H2,1H3. The van der Waals surface area contributed by atoms with Gasteiger partial charge in [-0.15, -0.1) is 12.8 Å². The largest absolute Gasteiger partial charge is 0.502 e. The second kappa shape index (κ2) is 39.6. The lowest BCUT2D eigenvalue weighted by atomic mass is 9.96. The van der Waals surface area contributed by atoms with E-state index in [1.54, 1.807) is 95.2 Å². The number of aromatic nitrogens is 20. The number of likely N-dealkylation sites (N-methyl/N-ethyl adjacent to an activating group) is 5. The zero-order chi connectivity index (χ0) is 97.6. The quantitative estimate of drug-likeness (QED) is 0.0740. The van der Waals surface area contributed by atoms with E-state index in [0.29, 0.717) is 49.8 Å². The second-order valence-electron chi connectivity index (χ2n) is 33.0. The lowest BCUT2D eigenvalue weighted by Gasteiger charge is -2.37. The minimum absolute atomic E-state index is 0.0842. The van der Waals surface area contributed by atoms with Gasteiger partial charge in [-0.1, -0.05) is 158 Å². The maximum Gasteiger partial charge on any atom is 0.275 e. The Bertz CT molecular complexity index is 7410. The van der Waals surface area contributed by atoms with Crippen molar-refractivity contribution in [3.05, 3.63) is 381 Å². The van der Waals surface area contributed by atoms with Crippen LogP contribution < -0.4 is 27.1 Å². The normalized spacial score (nSPS) is 17.2. The van der Waals surface area contributed by atoms with Crippen LogP contribution in [0.3, 0.4) is 0 Å². The van der Waals surface area contributed by atoms with Gasteiger partial charge >= 0.3 is 0 Å². The molecule has 0 fully saturated rings. The van der Waals surface area contributed by atoms with Gasteiger partial charge in [0.1, 0.15) is 29.2 Å². The molecule has 5 aliphatic heterocycles. The first-order valence-electron chi connectivity index (χ1n) is 43.1. The Morgan fingerprint density at radius 1 is 0.333 bits per heavy atom. The number of fused-ring (bicyclic) bond motifs is 5. The summed E-state index contributed by atoms with van der Waals surface area (Å²) in [6.07, 6.45) is 32.0. The summed E-state index contributed by atoms with van der Waals surface area (Å²) in [6.45, 7) is 5.36. The van der Waals surface area contributed by atoms with Crippen LogP contribution in [0.5, 0.6) is 28.7 Å². The van der Waals surface area contributed by atoms with Crippen LogP contribution in [-0.2, 0) is 0 Å². The Kier molecular flexibility index (Phi) is 26.6. The van der Waals surface area contributed by atoms with E-state index >= 15 is 0 Å². The molecule has 0 spiro atoms. The first-order chi connectivity index (χ1) is 66.6. The molecule has 10 aromatic heterocycles. The maximum atomic E-state index is 12.6. The molecule has 10 unspecified atom stereocenters. The fourth-order valence-corrected chi connectivity index (χ4v) is 17.8. The molecule has 0 saturated carbocycles. The van der Waals surface area contributed by atoms with Crippen LogP contribution in [0.1, 0.15) is 170 Å². The van der Waals surface area contributed by atoms with Crippen LogP contribution >= 0.6 is 0 Å². The van der Waals surface area contributed by atoms with Gasteiger partial charge in [-0.05, 0) is 71.6 Å². The van der Waals surface area contributed by atoms with E-state index in [1.165, 1.54) is 47.9 Å². The van der Waals surface area contributed by atoms with Gasteiger partial charge in [-0.2, -0.15) is 35.7 Å². The first kappa shape index (κ1) is 92.8. The van der Waals surface area contributed by atoms with Crippen LogP contribution in [0.15, 0.2) is 275 Å². The molecule has 5 N–H and O–H groups in total. The third-order valence-corrected chi connectivity index (χ3v) is 24.2. The third kappa shape index (κ3) is 18.2. The van der Waals surface area contributed by atoms with E-state index < -0.39 is 104 Å². The molecule has 138 heavy (non-hydrogen) atoms.